The number of hydrogen-bond donors (Lipinski definition) is 3. The molecular formula is C21H21F4N3O3. The number of primary amides is 1. The number of nitrogens with two attached hydrogens (primary N) is 1. The molecule has 6 nitrogen and oxygen atoms in total. The maximum Gasteiger partial charge on any atom is 0.416 e. The Hall–Kier alpha value is -3.43. The highest BCUT2D eigenvalue weighted by Gasteiger charge is 2.31. The smallest absolute Gasteiger partial charge is 0.368 e. The van der Waals surface area contributed by atoms with Crippen molar-refractivity contribution in [3.8, 4) is 0 Å². The van der Waals surface area contributed by atoms with Crippen molar-refractivity contribution >= 4 is 17.7 Å². The summed E-state index contributed by atoms with van der Waals surface area (Å²) >= 11 is 0. The molecule has 2 atom stereocenters. The first-order valence-corrected chi connectivity index (χ1v) is 9.23. The Morgan fingerprint density at radius 2 is 1.65 bits per heavy atom. The molecule has 2 aromatic rings. The number of amides is 3. The summed E-state index contributed by atoms with van der Waals surface area (Å²) in [6.45, 7) is 1.16. The van der Waals surface area contributed by atoms with Crippen molar-refractivity contribution in [2.75, 3.05) is 0 Å². The molecule has 0 aliphatic carbocycles. The van der Waals surface area contributed by atoms with Crippen LogP contribution >= 0.6 is 0 Å². The number of nitrogens with one attached hydrogen (secondary N) is 2. The fourth-order valence-electron chi connectivity index (χ4n) is 2.94. The highest BCUT2D eigenvalue weighted by Crippen LogP contribution is 2.29. The van der Waals surface area contributed by atoms with Crippen LogP contribution in [0.1, 0.15) is 23.6 Å². The normalized spacial score (nSPS) is 13.2. The Balaban J connectivity index is 2.19. The summed E-state index contributed by atoms with van der Waals surface area (Å²) in [6, 6.07) is 7.36. The molecule has 0 unspecified atom stereocenters. The van der Waals surface area contributed by atoms with Gasteiger partial charge in [0.05, 0.1) is 5.56 Å². The van der Waals surface area contributed by atoms with Gasteiger partial charge in [0.1, 0.15) is 17.9 Å². The minimum absolute atomic E-state index is 0.129. The minimum Gasteiger partial charge on any atom is -0.368 e. The molecule has 2 rings (SSSR count). The number of halogens is 4. The summed E-state index contributed by atoms with van der Waals surface area (Å²) < 4.78 is 52.7. The number of carbonyl (C=O) groups excluding carboxylic acids is 3. The van der Waals surface area contributed by atoms with Crippen LogP contribution in [0.3, 0.4) is 0 Å². The van der Waals surface area contributed by atoms with Gasteiger partial charge in [-0.1, -0.05) is 36.4 Å². The average Bonchev–Trinajstić information content (AvgIpc) is 2.67. The van der Waals surface area contributed by atoms with Crippen molar-refractivity contribution < 1.29 is 31.9 Å². The third-order valence-electron chi connectivity index (χ3n) is 4.43. The second kappa shape index (κ2) is 10.1. The maximum absolute atomic E-state index is 14.0. The van der Waals surface area contributed by atoms with Crippen LogP contribution in [0.4, 0.5) is 17.6 Å². The highest BCUT2D eigenvalue weighted by atomic mass is 19.4. The van der Waals surface area contributed by atoms with E-state index in [0.29, 0.717) is 0 Å². The lowest BCUT2D eigenvalue weighted by Gasteiger charge is -2.22. The summed E-state index contributed by atoms with van der Waals surface area (Å²) in [5.74, 6) is -2.95. The second-order valence-corrected chi connectivity index (χ2v) is 6.91. The van der Waals surface area contributed by atoms with E-state index in [-0.39, 0.29) is 24.0 Å². The quantitative estimate of drug-likeness (QED) is 0.549. The SMILES string of the molecule is CC(=O)N[C@@H](Cc1ccccc1F)C(=O)N[C@H](Cc1cccc(C(F)(F)F)c1)C(N)=O. The lowest BCUT2D eigenvalue weighted by atomic mass is 10.0. The molecule has 3 amide bonds. The Labute approximate surface area is 175 Å². The summed E-state index contributed by atoms with van der Waals surface area (Å²) in [5.41, 5.74) is 4.69. The van der Waals surface area contributed by atoms with Gasteiger partial charge in [-0.05, 0) is 23.3 Å². The van der Waals surface area contributed by atoms with Gasteiger partial charge >= 0.3 is 6.18 Å². The van der Waals surface area contributed by atoms with E-state index in [9.17, 15) is 31.9 Å². The van der Waals surface area contributed by atoms with Crippen molar-refractivity contribution in [1.29, 1.82) is 0 Å². The van der Waals surface area contributed by atoms with Crippen molar-refractivity contribution in [3.05, 3.63) is 71.0 Å². The standard InChI is InChI=1S/C21H21F4N3O3/c1-12(29)27-18(11-14-6-2-3-8-16(14)22)20(31)28-17(19(26)30)10-13-5-4-7-15(9-13)21(23,24)25/h2-9,17-18H,10-11H2,1H3,(H2,26,30)(H,27,29)(H,28,31)/t17-,18+/m1/s1. The predicted molar refractivity (Wildman–Crippen MR) is 104 cm³/mol. The predicted octanol–water partition coefficient (Wildman–Crippen LogP) is 2.10. The zero-order valence-corrected chi connectivity index (χ0v) is 16.5. The van der Waals surface area contributed by atoms with E-state index in [0.717, 1.165) is 19.1 Å². The third-order valence-corrected chi connectivity index (χ3v) is 4.43. The second-order valence-electron chi connectivity index (χ2n) is 6.91. The molecule has 4 N–H and O–H groups in total. The summed E-state index contributed by atoms with van der Waals surface area (Å²) in [7, 11) is 0. The van der Waals surface area contributed by atoms with Gasteiger partial charge in [-0.15, -0.1) is 0 Å². The van der Waals surface area contributed by atoms with E-state index in [1.165, 1.54) is 30.3 Å². The van der Waals surface area contributed by atoms with Gasteiger partial charge < -0.3 is 16.4 Å². The van der Waals surface area contributed by atoms with E-state index in [4.69, 9.17) is 5.73 Å². The van der Waals surface area contributed by atoms with Crippen LogP contribution in [-0.4, -0.2) is 29.8 Å². The van der Waals surface area contributed by atoms with E-state index in [1.807, 2.05) is 0 Å². The van der Waals surface area contributed by atoms with Gasteiger partial charge in [-0.25, -0.2) is 4.39 Å². The molecule has 0 saturated carbocycles. The van der Waals surface area contributed by atoms with Gasteiger partial charge in [-0.3, -0.25) is 14.4 Å². The first-order valence-electron chi connectivity index (χ1n) is 9.23. The van der Waals surface area contributed by atoms with Crippen LogP contribution in [0.5, 0.6) is 0 Å². The van der Waals surface area contributed by atoms with Gasteiger partial charge in [0.25, 0.3) is 0 Å². The Bertz CT molecular complexity index is 963. The summed E-state index contributed by atoms with van der Waals surface area (Å²) in [6.07, 6.45) is -5.07. The lowest BCUT2D eigenvalue weighted by molar-refractivity contribution is -0.137. The van der Waals surface area contributed by atoms with Crippen LogP contribution in [0.25, 0.3) is 0 Å². The van der Waals surface area contributed by atoms with Crippen LogP contribution in [-0.2, 0) is 33.4 Å². The zero-order chi connectivity index (χ0) is 23.2. The molecule has 0 spiro atoms. The number of hydrogen-bond acceptors (Lipinski definition) is 3. The zero-order valence-electron chi connectivity index (χ0n) is 16.5. The highest BCUT2D eigenvalue weighted by molar-refractivity contribution is 5.91. The Morgan fingerprint density at radius 1 is 0.968 bits per heavy atom. The van der Waals surface area contributed by atoms with Crippen LogP contribution in [0.2, 0.25) is 0 Å². The van der Waals surface area contributed by atoms with E-state index >= 15 is 0 Å². The fraction of sp³-hybridized carbons (Fsp3) is 0.286. The first kappa shape index (κ1) is 23.8. The van der Waals surface area contributed by atoms with E-state index < -0.39 is 47.4 Å². The molecule has 0 bridgehead atoms. The Morgan fingerprint density at radius 3 is 2.23 bits per heavy atom. The van der Waals surface area contributed by atoms with Crippen LogP contribution in [0, 0.1) is 5.82 Å². The molecule has 0 radical (unpaired) electrons. The molecule has 31 heavy (non-hydrogen) atoms. The molecule has 0 aliphatic rings. The number of alkyl halides is 3. The molecule has 2 aromatic carbocycles. The molecule has 166 valence electrons. The number of carbonyl (C=O) groups is 3. The summed E-state index contributed by atoms with van der Waals surface area (Å²) in [5, 5.41) is 4.71. The van der Waals surface area contributed by atoms with Crippen molar-refractivity contribution in [2.45, 2.75) is 38.0 Å². The largest absolute Gasteiger partial charge is 0.416 e. The van der Waals surface area contributed by atoms with Crippen molar-refractivity contribution in [3.63, 3.8) is 0 Å². The Kier molecular flexibility index (Phi) is 7.73. The molecule has 0 aliphatic heterocycles. The van der Waals surface area contributed by atoms with Crippen LogP contribution in [0.15, 0.2) is 48.5 Å². The van der Waals surface area contributed by atoms with Crippen molar-refractivity contribution in [2.24, 2.45) is 5.73 Å². The van der Waals surface area contributed by atoms with Crippen LogP contribution < -0.4 is 16.4 Å². The summed E-state index contributed by atoms with van der Waals surface area (Å²) in [4.78, 5) is 36.0. The third kappa shape index (κ3) is 7.09. The molecule has 0 heterocycles. The van der Waals surface area contributed by atoms with Gasteiger partial charge in [0.15, 0.2) is 0 Å². The number of rotatable bonds is 8. The lowest BCUT2D eigenvalue weighted by Crippen LogP contribution is -2.54. The average molecular weight is 439 g/mol. The molecule has 0 aromatic heterocycles. The van der Waals surface area contributed by atoms with E-state index in [1.54, 1.807) is 6.07 Å². The maximum atomic E-state index is 14.0. The molecule has 10 heteroatoms. The fourth-order valence-corrected chi connectivity index (χ4v) is 2.94. The minimum atomic E-state index is -4.57. The molecule has 0 fully saturated rings. The van der Waals surface area contributed by atoms with Crippen molar-refractivity contribution in [1.82, 2.24) is 10.6 Å². The molecular weight excluding hydrogens is 418 g/mol. The number of benzene rings is 2. The van der Waals surface area contributed by atoms with Gasteiger partial charge in [-0.2, -0.15) is 13.2 Å². The van der Waals surface area contributed by atoms with Gasteiger partial charge in [0.2, 0.25) is 17.7 Å². The monoisotopic (exact) mass is 439 g/mol. The topological polar surface area (TPSA) is 101 Å². The molecule has 0 saturated heterocycles. The first-order chi connectivity index (χ1) is 14.5. The van der Waals surface area contributed by atoms with E-state index in [2.05, 4.69) is 10.6 Å². The van der Waals surface area contributed by atoms with Gasteiger partial charge in [0, 0.05) is 19.8 Å².